The maximum Gasteiger partial charge on any atom is 0.337 e. The van der Waals surface area contributed by atoms with Gasteiger partial charge in [0.1, 0.15) is 0 Å². The summed E-state index contributed by atoms with van der Waals surface area (Å²) in [5, 5.41) is 11.6. The van der Waals surface area contributed by atoms with E-state index in [2.05, 4.69) is 5.32 Å². The number of para-hydroxylation sites is 1. The van der Waals surface area contributed by atoms with Crippen LogP contribution in [0.2, 0.25) is 0 Å². The van der Waals surface area contributed by atoms with E-state index in [4.69, 9.17) is 10.8 Å². The summed E-state index contributed by atoms with van der Waals surface area (Å²) in [6.45, 7) is 0. The van der Waals surface area contributed by atoms with E-state index in [-0.39, 0.29) is 11.3 Å². The zero-order chi connectivity index (χ0) is 15.2. The molecule has 0 aliphatic rings. The van der Waals surface area contributed by atoms with E-state index in [1.165, 1.54) is 12.1 Å². The highest BCUT2D eigenvalue weighted by atomic mass is 16.4. The molecule has 0 aliphatic carbocycles. The van der Waals surface area contributed by atoms with Crippen LogP contribution in [-0.4, -0.2) is 23.0 Å². The van der Waals surface area contributed by atoms with Gasteiger partial charge in [-0.2, -0.15) is 0 Å². The third-order valence-electron chi connectivity index (χ3n) is 3.05. The first-order valence-corrected chi connectivity index (χ1v) is 6.50. The molecule has 2 aromatic rings. The van der Waals surface area contributed by atoms with Crippen molar-refractivity contribution in [3.63, 3.8) is 0 Å². The largest absolute Gasteiger partial charge is 0.478 e. The summed E-state index contributed by atoms with van der Waals surface area (Å²) in [6, 6.07) is 14.9. The van der Waals surface area contributed by atoms with Crippen molar-refractivity contribution in [2.45, 2.75) is 12.5 Å². The van der Waals surface area contributed by atoms with Gasteiger partial charge in [0.25, 0.3) is 0 Å². The minimum atomic E-state index is -1.09. The van der Waals surface area contributed by atoms with Gasteiger partial charge < -0.3 is 16.2 Å². The highest BCUT2D eigenvalue weighted by Crippen LogP contribution is 2.15. The molecule has 0 saturated carbocycles. The van der Waals surface area contributed by atoms with E-state index < -0.39 is 17.9 Å². The second-order valence-corrected chi connectivity index (χ2v) is 4.64. The van der Waals surface area contributed by atoms with Crippen LogP contribution in [-0.2, 0) is 11.2 Å². The number of nitrogens with two attached hydrogens (primary N) is 1. The van der Waals surface area contributed by atoms with E-state index in [1.54, 1.807) is 12.1 Å². The summed E-state index contributed by atoms with van der Waals surface area (Å²) < 4.78 is 0. The van der Waals surface area contributed by atoms with Crippen molar-refractivity contribution < 1.29 is 14.7 Å². The molecule has 1 amide bonds. The lowest BCUT2D eigenvalue weighted by atomic mass is 10.1. The predicted molar refractivity (Wildman–Crippen MR) is 80.2 cm³/mol. The molecule has 0 spiro atoms. The van der Waals surface area contributed by atoms with Gasteiger partial charge in [0.2, 0.25) is 5.91 Å². The van der Waals surface area contributed by atoms with Crippen molar-refractivity contribution >= 4 is 17.6 Å². The van der Waals surface area contributed by atoms with Crippen molar-refractivity contribution in [1.82, 2.24) is 0 Å². The van der Waals surface area contributed by atoms with Crippen molar-refractivity contribution in [1.29, 1.82) is 0 Å². The molecule has 1 atom stereocenters. The quantitative estimate of drug-likeness (QED) is 0.781. The Kier molecular flexibility index (Phi) is 4.68. The minimum Gasteiger partial charge on any atom is -0.478 e. The third kappa shape index (κ3) is 3.90. The number of aromatic carboxylic acids is 1. The Morgan fingerprint density at radius 1 is 1.05 bits per heavy atom. The molecule has 5 nitrogen and oxygen atoms in total. The number of amides is 1. The van der Waals surface area contributed by atoms with Crippen LogP contribution in [0, 0.1) is 0 Å². The van der Waals surface area contributed by atoms with Gasteiger partial charge in [0.05, 0.1) is 17.3 Å². The van der Waals surface area contributed by atoms with Crippen LogP contribution < -0.4 is 11.1 Å². The molecule has 0 unspecified atom stereocenters. The van der Waals surface area contributed by atoms with Gasteiger partial charge in [-0.25, -0.2) is 4.79 Å². The summed E-state index contributed by atoms with van der Waals surface area (Å²) in [7, 11) is 0. The molecule has 0 bridgehead atoms. The number of carbonyl (C=O) groups is 2. The molecule has 0 radical (unpaired) electrons. The summed E-state index contributed by atoms with van der Waals surface area (Å²) in [6.07, 6.45) is 0.391. The van der Waals surface area contributed by atoms with E-state index in [9.17, 15) is 9.59 Å². The highest BCUT2D eigenvalue weighted by molar-refractivity contribution is 6.02. The van der Waals surface area contributed by atoms with Gasteiger partial charge in [0.15, 0.2) is 0 Å². The Morgan fingerprint density at radius 2 is 1.67 bits per heavy atom. The summed E-state index contributed by atoms with van der Waals surface area (Å²) >= 11 is 0. The van der Waals surface area contributed by atoms with Gasteiger partial charge in [-0.3, -0.25) is 4.79 Å². The fourth-order valence-corrected chi connectivity index (χ4v) is 1.96. The molecular formula is C16H16N2O3. The highest BCUT2D eigenvalue weighted by Gasteiger charge is 2.17. The van der Waals surface area contributed by atoms with Crippen LogP contribution in [0.5, 0.6) is 0 Å². The minimum absolute atomic E-state index is 0.0396. The monoisotopic (exact) mass is 284 g/mol. The number of rotatable bonds is 5. The lowest BCUT2D eigenvalue weighted by Crippen LogP contribution is -2.37. The number of carboxylic acid groups (broad SMARTS) is 1. The van der Waals surface area contributed by atoms with E-state index >= 15 is 0 Å². The van der Waals surface area contributed by atoms with E-state index in [1.807, 2.05) is 30.3 Å². The van der Waals surface area contributed by atoms with Crippen LogP contribution in [0.15, 0.2) is 54.6 Å². The zero-order valence-corrected chi connectivity index (χ0v) is 11.3. The van der Waals surface area contributed by atoms with Gasteiger partial charge in [0, 0.05) is 0 Å². The maximum absolute atomic E-state index is 12.1. The molecule has 0 saturated heterocycles. The SMILES string of the molecule is N[C@@H](Cc1ccccc1)C(=O)Nc1ccccc1C(=O)O. The number of carbonyl (C=O) groups excluding carboxylic acids is 1. The standard InChI is InChI=1S/C16H16N2O3/c17-13(10-11-6-2-1-3-7-11)15(19)18-14-9-5-4-8-12(14)16(20)21/h1-9,13H,10,17H2,(H,18,19)(H,20,21)/t13-/m0/s1. The average Bonchev–Trinajstić information content (AvgIpc) is 2.48. The fraction of sp³-hybridized carbons (Fsp3) is 0.125. The Hall–Kier alpha value is -2.66. The lowest BCUT2D eigenvalue weighted by molar-refractivity contribution is -0.117. The Morgan fingerprint density at radius 3 is 2.33 bits per heavy atom. The van der Waals surface area contributed by atoms with Crippen molar-refractivity contribution in [3.8, 4) is 0 Å². The molecule has 0 heterocycles. The number of hydrogen-bond acceptors (Lipinski definition) is 3. The van der Waals surface area contributed by atoms with Crippen molar-refractivity contribution in [2.24, 2.45) is 5.73 Å². The number of benzene rings is 2. The first-order valence-electron chi connectivity index (χ1n) is 6.50. The Balaban J connectivity index is 2.06. The predicted octanol–water partition coefficient (Wildman–Crippen LogP) is 1.89. The van der Waals surface area contributed by atoms with Crippen LogP contribution >= 0.6 is 0 Å². The van der Waals surface area contributed by atoms with Crippen molar-refractivity contribution in [2.75, 3.05) is 5.32 Å². The molecule has 4 N–H and O–H groups in total. The van der Waals surface area contributed by atoms with Gasteiger partial charge in [-0.05, 0) is 24.1 Å². The molecular weight excluding hydrogens is 268 g/mol. The van der Waals surface area contributed by atoms with Crippen LogP contribution in [0.3, 0.4) is 0 Å². The zero-order valence-electron chi connectivity index (χ0n) is 11.3. The number of nitrogens with one attached hydrogen (secondary N) is 1. The molecule has 0 fully saturated rings. The van der Waals surface area contributed by atoms with Gasteiger partial charge >= 0.3 is 5.97 Å². The van der Waals surface area contributed by atoms with Crippen molar-refractivity contribution in [3.05, 3.63) is 65.7 Å². The lowest BCUT2D eigenvalue weighted by Gasteiger charge is -2.13. The van der Waals surface area contributed by atoms with E-state index in [0.29, 0.717) is 6.42 Å². The molecule has 0 aliphatic heterocycles. The van der Waals surface area contributed by atoms with Crippen LogP contribution in [0.25, 0.3) is 0 Å². The van der Waals surface area contributed by atoms with E-state index in [0.717, 1.165) is 5.56 Å². The first-order chi connectivity index (χ1) is 10.1. The third-order valence-corrected chi connectivity index (χ3v) is 3.05. The summed E-state index contributed by atoms with van der Waals surface area (Å²) in [4.78, 5) is 23.1. The Bertz CT molecular complexity index is 641. The number of carboxylic acids is 1. The summed E-state index contributed by atoms with van der Waals surface area (Å²) in [5.74, 6) is -1.50. The fourth-order valence-electron chi connectivity index (χ4n) is 1.96. The van der Waals surface area contributed by atoms with Gasteiger partial charge in [-0.1, -0.05) is 42.5 Å². The van der Waals surface area contributed by atoms with Gasteiger partial charge in [-0.15, -0.1) is 0 Å². The first kappa shape index (κ1) is 14.7. The number of anilines is 1. The Labute approximate surface area is 122 Å². The smallest absolute Gasteiger partial charge is 0.337 e. The van der Waals surface area contributed by atoms with Crippen LogP contribution in [0.1, 0.15) is 15.9 Å². The molecule has 2 aromatic carbocycles. The second-order valence-electron chi connectivity index (χ2n) is 4.64. The molecule has 2 rings (SSSR count). The molecule has 21 heavy (non-hydrogen) atoms. The number of hydrogen-bond donors (Lipinski definition) is 3. The second kappa shape index (κ2) is 6.67. The molecule has 0 aromatic heterocycles. The molecule has 5 heteroatoms. The normalized spacial score (nSPS) is 11.7. The maximum atomic E-state index is 12.1. The van der Waals surface area contributed by atoms with Crippen LogP contribution in [0.4, 0.5) is 5.69 Å². The summed E-state index contributed by atoms with van der Waals surface area (Å²) in [5.41, 5.74) is 7.10. The topological polar surface area (TPSA) is 92.4 Å². The average molecular weight is 284 g/mol. The molecule has 108 valence electrons.